The van der Waals surface area contributed by atoms with Gasteiger partial charge in [0.05, 0.1) is 6.42 Å². The Morgan fingerprint density at radius 1 is 1.12 bits per heavy atom. The summed E-state index contributed by atoms with van der Waals surface area (Å²) in [5.74, 6) is -0.125. The molecule has 8 heavy (non-hydrogen) atoms. The van der Waals surface area contributed by atoms with Crippen molar-refractivity contribution in [2.75, 3.05) is 0 Å². The molecule has 0 fully saturated rings. The zero-order chi connectivity index (χ0) is 5.86. The third kappa shape index (κ3) is 9.85. The molecule has 0 atom stereocenters. The molecule has 0 rings (SSSR count). The van der Waals surface area contributed by atoms with Gasteiger partial charge in [0.25, 0.3) is 0 Å². The molecule has 0 saturated heterocycles. The minimum Gasteiger partial charge on any atom is -0.300 e. The summed E-state index contributed by atoms with van der Waals surface area (Å²) in [7, 11) is 0. The Morgan fingerprint density at radius 3 is 1.38 bits per heavy atom. The maximum Gasteiger partial charge on any atom is 0.137 e. The van der Waals surface area contributed by atoms with Crippen LogP contribution in [0.1, 0.15) is 20.3 Å². The summed E-state index contributed by atoms with van der Waals surface area (Å²) in [5, 5.41) is 0. The van der Waals surface area contributed by atoms with Crippen molar-refractivity contribution in [1.29, 1.82) is 0 Å². The Labute approximate surface area is 81.6 Å². The molecule has 0 radical (unpaired) electrons. The maximum absolute atomic E-state index is 10.0. The van der Waals surface area contributed by atoms with Gasteiger partial charge in [-0.15, -0.1) is 0 Å². The summed E-state index contributed by atoms with van der Waals surface area (Å²) in [6.07, 6.45) is 0.0833. The molecule has 0 spiro atoms. The molecule has 0 aromatic rings. The largest absolute Gasteiger partial charge is 0.300 e. The fourth-order valence-corrected chi connectivity index (χ4v) is 0.351. The van der Waals surface area contributed by atoms with E-state index < -0.39 is 0 Å². The van der Waals surface area contributed by atoms with Crippen molar-refractivity contribution in [1.82, 2.24) is 0 Å². The van der Waals surface area contributed by atoms with E-state index in [2.05, 4.69) is 0 Å². The zero-order valence-electron chi connectivity index (χ0n) is 5.02. The van der Waals surface area contributed by atoms with Crippen LogP contribution < -0.4 is 0 Å². The number of Topliss-reactive ketones (excluding diaryl/α,β-unsaturated/α-hetero) is 2. The van der Waals surface area contributed by atoms with Crippen LogP contribution in [0.3, 0.4) is 0 Å². The minimum atomic E-state index is -0.0625. The molecule has 0 heterocycles. The second kappa shape index (κ2) is 5.82. The Hall–Kier alpha value is 0.691. The van der Waals surface area contributed by atoms with Crippen molar-refractivity contribution < 1.29 is 50.4 Å². The van der Waals surface area contributed by atoms with Crippen LogP contribution in [0, 0.1) is 40.8 Å². The molecule has 0 amide bonds. The molecule has 3 heteroatoms. The fourth-order valence-electron chi connectivity index (χ4n) is 0.351. The molecule has 0 aromatic heterocycles. The molecule has 0 bridgehead atoms. The molecule has 0 aliphatic heterocycles. The van der Waals surface area contributed by atoms with Gasteiger partial charge in [-0.05, 0) is 13.8 Å². The van der Waals surface area contributed by atoms with E-state index >= 15 is 0 Å². The quantitative estimate of drug-likeness (QED) is 0.665. The van der Waals surface area contributed by atoms with Gasteiger partial charge in [0.1, 0.15) is 11.6 Å². The molecule has 0 N–H and O–H groups in total. The normalized spacial score (nSPS) is 7.25. The Balaban J connectivity index is 0. The van der Waals surface area contributed by atoms with Gasteiger partial charge < -0.3 is 0 Å². The van der Waals surface area contributed by atoms with E-state index in [9.17, 15) is 9.59 Å². The van der Waals surface area contributed by atoms with Gasteiger partial charge in [0, 0.05) is 40.8 Å². The Kier molecular flexibility index (Phi) is 8.35. The summed E-state index contributed by atoms with van der Waals surface area (Å²) in [4.78, 5) is 20.1. The van der Waals surface area contributed by atoms with E-state index in [1.807, 2.05) is 0 Å². The minimum absolute atomic E-state index is 0. The maximum atomic E-state index is 10.0. The molecular formula is C5H8NdO2. The second-order valence-corrected chi connectivity index (χ2v) is 1.58. The number of rotatable bonds is 2. The molecule has 2 nitrogen and oxygen atoms in total. The fraction of sp³-hybridized carbons (Fsp3) is 0.600. The van der Waals surface area contributed by atoms with Crippen molar-refractivity contribution >= 4 is 11.6 Å². The van der Waals surface area contributed by atoms with Gasteiger partial charge in [-0.2, -0.15) is 0 Å². The van der Waals surface area contributed by atoms with Crippen LogP contribution >= 0.6 is 0 Å². The van der Waals surface area contributed by atoms with E-state index in [4.69, 9.17) is 0 Å². The summed E-state index contributed by atoms with van der Waals surface area (Å²) in [5.41, 5.74) is 0. The van der Waals surface area contributed by atoms with E-state index in [1.165, 1.54) is 13.8 Å². The van der Waals surface area contributed by atoms with E-state index in [0.717, 1.165) is 0 Å². The van der Waals surface area contributed by atoms with Gasteiger partial charge in [-0.1, -0.05) is 0 Å². The first-order valence-corrected chi connectivity index (χ1v) is 2.12. The van der Waals surface area contributed by atoms with Gasteiger partial charge in [-0.3, -0.25) is 9.59 Å². The van der Waals surface area contributed by atoms with Gasteiger partial charge in [0.2, 0.25) is 0 Å². The number of carbonyl (C=O) groups excluding carboxylic acids is 2. The van der Waals surface area contributed by atoms with Gasteiger partial charge in [0.15, 0.2) is 0 Å². The van der Waals surface area contributed by atoms with Crippen molar-refractivity contribution in [3.63, 3.8) is 0 Å². The first kappa shape index (κ1) is 11.5. The Bertz CT molecular complexity index is 86.6. The van der Waals surface area contributed by atoms with Crippen molar-refractivity contribution in [2.24, 2.45) is 0 Å². The van der Waals surface area contributed by atoms with Gasteiger partial charge in [-0.25, -0.2) is 0 Å². The average molecular weight is 244 g/mol. The predicted molar refractivity (Wildman–Crippen MR) is 26.0 cm³/mol. The average Bonchev–Trinajstić information content (AvgIpc) is 1.27. The van der Waals surface area contributed by atoms with Crippen LogP contribution in [-0.4, -0.2) is 11.6 Å². The number of carbonyl (C=O) groups is 2. The molecule has 44 valence electrons. The van der Waals surface area contributed by atoms with Crippen LogP contribution in [0.4, 0.5) is 0 Å². The zero-order valence-corrected chi connectivity index (χ0v) is 8.23. The molecule has 0 aliphatic rings. The van der Waals surface area contributed by atoms with Crippen molar-refractivity contribution in [2.45, 2.75) is 20.3 Å². The van der Waals surface area contributed by atoms with Crippen LogP contribution in [0.2, 0.25) is 0 Å². The molecule has 0 saturated carbocycles. The monoisotopic (exact) mass is 242 g/mol. The summed E-state index contributed by atoms with van der Waals surface area (Å²) in [6.45, 7) is 2.81. The summed E-state index contributed by atoms with van der Waals surface area (Å²) >= 11 is 0. The second-order valence-electron chi connectivity index (χ2n) is 1.58. The molecule has 0 aliphatic carbocycles. The first-order chi connectivity index (χ1) is 3.13. The standard InChI is InChI=1S/C5H8O2.Nd/c1-4(6)3-5(2)7;/h3H2,1-2H3;. The van der Waals surface area contributed by atoms with Gasteiger partial charge >= 0.3 is 0 Å². The van der Waals surface area contributed by atoms with Crippen LogP contribution in [-0.2, 0) is 9.59 Å². The molecule has 0 unspecified atom stereocenters. The third-order valence-electron chi connectivity index (χ3n) is 0.498. The van der Waals surface area contributed by atoms with E-state index in [1.54, 1.807) is 0 Å². The number of hydrogen-bond acceptors (Lipinski definition) is 2. The SMILES string of the molecule is CC(=O)CC(C)=O.[Nd]. The summed E-state index contributed by atoms with van der Waals surface area (Å²) in [6, 6.07) is 0. The smallest absolute Gasteiger partial charge is 0.137 e. The van der Waals surface area contributed by atoms with E-state index in [0.29, 0.717) is 0 Å². The number of hydrogen-bond donors (Lipinski definition) is 0. The Morgan fingerprint density at radius 2 is 1.38 bits per heavy atom. The molecule has 0 aromatic carbocycles. The predicted octanol–water partition coefficient (Wildman–Crippen LogP) is 0.554. The van der Waals surface area contributed by atoms with Crippen molar-refractivity contribution in [3.05, 3.63) is 0 Å². The molecular weight excluding hydrogens is 236 g/mol. The first-order valence-electron chi connectivity index (χ1n) is 2.12. The van der Waals surface area contributed by atoms with Crippen molar-refractivity contribution in [3.8, 4) is 0 Å². The summed E-state index contributed by atoms with van der Waals surface area (Å²) < 4.78 is 0. The van der Waals surface area contributed by atoms with E-state index in [-0.39, 0.29) is 58.8 Å². The topological polar surface area (TPSA) is 34.1 Å². The van der Waals surface area contributed by atoms with Crippen LogP contribution in [0.15, 0.2) is 0 Å². The van der Waals surface area contributed by atoms with Crippen LogP contribution in [0.5, 0.6) is 0 Å². The van der Waals surface area contributed by atoms with Crippen LogP contribution in [0.25, 0.3) is 0 Å². The number of ketones is 2. The third-order valence-corrected chi connectivity index (χ3v) is 0.498.